The molecule has 3 rings (SSSR count). The van der Waals surface area contributed by atoms with Gasteiger partial charge in [-0.1, -0.05) is 12.6 Å². The number of amides is 2. The first-order valence-electron chi connectivity index (χ1n) is 7.13. The SMILES string of the molecule is C=C(N)c1cc(NC(=O)Cc2ccc3c(c2)NC(=O)CO3)ncn1. The maximum atomic E-state index is 12.2. The first kappa shape index (κ1) is 15.5. The topological polar surface area (TPSA) is 119 Å². The molecule has 8 heteroatoms. The average Bonchev–Trinajstić information content (AvgIpc) is 2.54. The summed E-state index contributed by atoms with van der Waals surface area (Å²) in [7, 11) is 0. The van der Waals surface area contributed by atoms with E-state index in [-0.39, 0.29) is 24.8 Å². The van der Waals surface area contributed by atoms with E-state index in [1.165, 1.54) is 6.33 Å². The fraction of sp³-hybridized carbons (Fsp3) is 0.125. The van der Waals surface area contributed by atoms with Crippen molar-refractivity contribution in [2.75, 3.05) is 17.2 Å². The maximum Gasteiger partial charge on any atom is 0.262 e. The van der Waals surface area contributed by atoms with Crippen molar-refractivity contribution in [3.05, 3.63) is 48.4 Å². The molecule has 0 aliphatic carbocycles. The second kappa shape index (κ2) is 6.37. The standard InChI is InChI=1S/C16H15N5O3/c1-9(17)11-6-14(19-8-18-11)21-15(22)5-10-2-3-13-12(4-10)20-16(23)7-24-13/h2-4,6,8H,1,5,7,17H2,(H,20,23)(H,18,19,21,22). The summed E-state index contributed by atoms with van der Waals surface area (Å²) in [4.78, 5) is 31.4. The second-order valence-corrected chi connectivity index (χ2v) is 5.21. The summed E-state index contributed by atoms with van der Waals surface area (Å²) in [5.41, 5.74) is 7.60. The van der Waals surface area contributed by atoms with Gasteiger partial charge in [0.2, 0.25) is 5.91 Å². The molecule has 0 unspecified atom stereocenters. The van der Waals surface area contributed by atoms with E-state index >= 15 is 0 Å². The summed E-state index contributed by atoms with van der Waals surface area (Å²) < 4.78 is 5.28. The van der Waals surface area contributed by atoms with Crippen molar-refractivity contribution in [1.82, 2.24) is 9.97 Å². The molecule has 1 aromatic carbocycles. The molecule has 2 aromatic rings. The van der Waals surface area contributed by atoms with Crippen LogP contribution in [0.3, 0.4) is 0 Å². The molecule has 1 aromatic heterocycles. The van der Waals surface area contributed by atoms with Crippen LogP contribution in [-0.4, -0.2) is 28.4 Å². The number of hydrogen-bond acceptors (Lipinski definition) is 6. The molecule has 8 nitrogen and oxygen atoms in total. The van der Waals surface area contributed by atoms with Gasteiger partial charge in [0.1, 0.15) is 17.9 Å². The molecule has 0 radical (unpaired) electrons. The van der Waals surface area contributed by atoms with Gasteiger partial charge in [0.15, 0.2) is 6.61 Å². The van der Waals surface area contributed by atoms with Crippen LogP contribution >= 0.6 is 0 Å². The predicted molar refractivity (Wildman–Crippen MR) is 88.2 cm³/mol. The minimum atomic E-state index is -0.259. The van der Waals surface area contributed by atoms with Gasteiger partial charge < -0.3 is 21.1 Å². The Morgan fingerprint density at radius 3 is 3.00 bits per heavy atom. The highest BCUT2D eigenvalue weighted by Gasteiger charge is 2.16. The zero-order chi connectivity index (χ0) is 17.1. The second-order valence-electron chi connectivity index (χ2n) is 5.21. The maximum absolute atomic E-state index is 12.2. The van der Waals surface area contributed by atoms with Gasteiger partial charge in [-0.3, -0.25) is 9.59 Å². The summed E-state index contributed by atoms with van der Waals surface area (Å²) in [5, 5.41) is 5.37. The normalized spacial score (nSPS) is 12.6. The van der Waals surface area contributed by atoms with E-state index in [9.17, 15) is 9.59 Å². The quantitative estimate of drug-likeness (QED) is 0.769. The van der Waals surface area contributed by atoms with Gasteiger partial charge in [-0.25, -0.2) is 9.97 Å². The Kier molecular flexibility index (Phi) is 4.11. The van der Waals surface area contributed by atoms with Crippen LogP contribution in [0, 0.1) is 0 Å². The fourth-order valence-electron chi connectivity index (χ4n) is 2.21. The molecule has 2 amide bonds. The third kappa shape index (κ3) is 3.49. The minimum Gasteiger partial charge on any atom is -0.482 e. The van der Waals surface area contributed by atoms with Crippen LogP contribution in [0.15, 0.2) is 37.2 Å². The number of nitrogens with one attached hydrogen (secondary N) is 2. The van der Waals surface area contributed by atoms with Gasteiger partial charge in [0, 0.05) is 6.07 Å². The Balaban J connectivity index is 1.69. The van der Waals surface area contributed by atoms with Crippen LogP contribution in [0.4, 0.5) is 11.5 Å². The lowest BCUT2D eigenvalue weighted by atomic mass is 10.1. The number of aromatic nitrogens is 2. The number of benzene rings is 1. The van der Waals surface area contributed by atoms with Crippen molar-refractivity contribution in [1.29, 1.82) is 0 Å². The van der Waals surface area contributed by atoms with E-state index in [1.807, 2.05) is 0 Å². The van der Waals surface area contributed by atoms with Crippen LogP contribution in [0.5, 0.6) is 5.75 Å². The third-order valence-corrected chi connectivity index (χ3v) is 3.31. The van der Waals surface area contributed by atoms with Gasteiger partial charge >= 0.3 is 0 Å². The number of anilines is 2. The number of rotatable bonds is 4. The number of carbonyl (C=O) groups excluding carboxylic acids is 2. The van der Waals surface area contributed by atoms with Gasteiger partial charge in [0.25, 0.3) is 5.91 Å². The summed E-state index contributed by atoms with van der Waals surface area (Å²) >= 11 is 0. The van der Waals surface area contributed by atoms with Crippen molar-refractivity contribution < 1.29 is 14.3 Å². The van der Waals surface area contributed by atoms with Crippen molar-refractivity contribution in [3.8, 4) is 5.75 Å². The van der Waals surface area contributed by atoms with Crippen molar-refractivity contribution in [3.63, 3.8) is 0 Å². The average molecular weight is 325 g/mol. The number of fused-ring (bicyclic) bond motifs is 1. The van der Waals surface area contributed by atoms with E-state index in [2.05, 4.69) is 27.2 Å². The van der Waals surface area contributed by atoms with Crippen LogP contribution in [0.2, 0.25) is 0 Å². The molecule has 4 N–H and O–H groups in total. The lowest BCUT2D eigenvalue weighted by molar-refractivity contribution is -0.118. The first-order valence-corrected chi connectivity index (χ1v) is 7.13. The molecule has 0 saturated heterocycles. The minimum absolute atomic E-state index is 0.00465. The number of nitrogens with zero attached hydrogens (tertiary/aromatic N) is 2. The molecular weight excluding hydrogens is 310 g/mol. The molecule has 2 heterocycles. The lowest BCUT2D eigenvalue weighted by Gasteiger charge is -2.18. The largest absolute Gasteiger partial charge is 0.482 e. The zero-order valence-electron chi connectivity index (χ0n) is 12.7. The number of carbonyl (C=O) groups is 2. The first-order chi connectivity index (χ1) is 11.5. The molecule has 1 aliphatic rings. The summed E-state index contributed by atoms with van der Waals surface area (Å²) in [5.74, 6) is 0.441. The van der Waals surface area contributed by atoms with Gasteiger partial charge in [-0.05, 0) is 17.7 Å². The van der Waals surface area contributed by atoms with E-state index in [4.69, 9.17) is 10.5 Å². The van der Waals surface area contributed by atoms with Crippen LogP contribution in [-0.2, 0) is 16.0 Å². The van der Waals surface area contributed by atoms with Crippen molar-refractivity contribution in [2.24, 2.45) is 5.73 Å². The number of ether oxygens (including phenoxy) is 1. The molecule has 0 bridgehead atoms. The van der Waals surface area contributed by atoms with E-state index in [1.54, 1.807) is 24.3 Å². The molecule has 0 spiro atoms. The van der Waals surface area contributed by atoms with Crippen LogP contribution < -0.4 is 21.1 Å². The Labute approximate surface area is 137 Å². The smallest absolute Gasteiger partial charge is 0.262 e. The Hall–Kier alpha value is -3.42. The molecule has 0 atom stereocenters. The van der Waals surface area contributed by atoms with E-state index in [0.717, 1.165) is 5.56 Å². The highest BCUT2D eigenvalue weighted by Crippen LogP contribution is 2.28. The summed E-state index contributed by atoms with van der Waals surface area (Å²) in [6, 6.07) is 6.74. The lowest BCUT2D eigenvalue weighted by Crippen LogP contribution is -2.25. The van der Waals surface area contributed by atoms with Gasteiger partial charge in [-0.15, -0.1) is 0 Å². The number of hydrogen-bond donors (Lipinski definition) is 3. The fourth-order valence-corrected chi connectivity index (χ4v) is 2.21. The Morgan fingerprint density at radius 1 is 1.38 bits per heavy atom. The Bertz CT molecular complexity index is 834. The van der Waals surface area contributed by atoms with Crippen LogP contribution in [0.1, 0.15) is 11.3 Å². The molecule has 1 aliphatic heterocycles. The van der Waals surface area contributed by atoms with Crippen molar-refractivity contribution in [2.45, 2.75) is 6.42 Å². The van der Waals surface area contributed by atoms with Crippen molar-refractivity contribution >= 4 is 29.0 Å². The Morgan fingerprint density at radius 2 is 2.21 bits per heavy atom. The molecule has 122 valence electrons. The predicted octanol–water partition coefficient (Wildman–Crippen LogP) is 0.918. The van der Waals surface area contributed by atoms with Gasteiger partial charge in [-0.2, -0.15) is 0 Å². The molecule has 0 saturated carbocycles. The zero-order valence-corrected chi connectivity index (χ0v) is 12.7. The number of nitrogens with two attached hydrogens (primary N) is 1. The summed E-state index contributed by atoms with van der Waals surface area (Å²) in [6.07, 6.45) is 1.42. The van der Waals surface area contributed by atoms with E-state index in [0.29, 0.717) is 28.6 Å². The molecular formula is C16H15N5O3. The molecule has 0 fully saturated rings. The highest BCUT2D eigenvalue weighted by atomic mass is 16.5. The summed E-state index contributed by atoms with van der Waals surface area (Å²) in [6.45, 7) is 3.58. The monoisotopic (exact) mass is 325 g/mol. The van der Waals surface area contributed by atoms with Crippen LogP contribution in [0.25, 0.3) is 5.70 Å². The van der Waals surface area contributed by atoms with Gasteiger partial charge in [0.05, 0.1) is 23.5 Å². The molecule has 24 heavy (non-hydrogen) atoms. The van der Waals surface area contributed by atoms with E-state index < -0.39 is 0 Å². The third-order valence-electron chi connectivity index (χ3n) is 3.31. The highest BCUT2D eigenvalue weighted by molar-refractivity contribution is 5.96.